The fraction of sp³-hybridized carbons (Fsp3) is 0.294. The summed E-state index contributed by atoms with van der Waals surface area (Å²) in [5.41, 5.74) is 5.27. The van der Waals surface area contributed by atoms with Gasteiger partial charge in [0.05, 0.1) is 18.1 Å². The van der Waals surface area contributed by atoms with Crippen molar-refractivity contribution in [3.63, 3.8) is 0 Å². The summed E-state index contributed by atoms with van der Waals surface area (Å²) in [6, 6.07) is 5.66. The van der Waals surface area contributed by atoms with E-state index in [0.717, 1.165) is 6.07 Å². The Bertz CT molecular complexity index is 872. The van der Waals surface area contributed by atoms with E-state index in [1.165, 1.54) is 19.1 Å². The third-order valence-corrected chi connectivity index (χ3v) is 4.32. The number of nitrogens with zero attached hydrogens (tertiary/aromatic N) is 1. The molecule has 1 aromatic carbocycles. The molecule has 6 nitrogen and oxygen atoms in total. The van der Waals surface area contributed by atoms with Crippen LogP contribution < -0.4 is 10.5 Å². The lowest BCUT2D eigenvalue weighted by Crippen LogP contribution is -2.27. The Labute approximate surface area is 161 Å². The summed E-state index contributed by atoms with van der Waals surface area (Å²) in [6.45, 7) is 2.99. The zero-order valence-electron chi connectivity index (χ0n) is 14.2. The van der Waals surface area contributed by atoms with E-state index in [4.69, 9.17) is 15.2 Å². The third kappa shape index (κ3) is 4.36. The average Bonchev–Trinajstić information content (AvgIpc) is 2.53. The quantitative estimate of drug-likeness (QED) is 0.702. The number of carbonyl (C=O) groups is 1. The Morgan fingerprint density at radius 3 is 2.67 bits per heavy atom. The van der Waals surface area contributed by atoms with Crippen LogP contribution in [0.5, 0.6) is 5.75 Å². The minimum Gasteiger partial charge on any atom is -0.463 e. The number of hydrogen-bond acceptors (Lipinski definition) is 6. The second-order valence-corrected chi connectivity index (χ2v) is 6.17. The fourth-order valence-corrected chi connectivity index (χ4v) is 3.23. The number of benzene rings is 1. The molecule has 1 heterocycles. The van der Waals surface area contributed by atoms with Gasteiger partial charge in [0.15, 0.2) is 0 Å². The van der Waals surface area contributed by atoms with Gasteiger partial charge in [-0.3, -0.25) is 0 Å². The molecule has 0 aliphatic carbocycles. The molecule has 27 heavy (non-hydrogen) atoms. The number of hydrogen-bond donors (Lipinski definition) is 1. The molecule has 0 radical (unpaired) electrons. The van der Waals surface area contributed by atoms with Gasteiger partial charge in [-0.05, 0) is 26.0 Å². The molecule has 10 heteroatoms. The standard InChI is InChI=1S/C17H14BrF3N2O4/c1-3-25-16(24)12-8(2)26-15(23)9(7-22)13(12)14-10(18)5-4-6-11(14)27-17(19,20)21/h4-6,13H,3,23H2,1-2H3. The number of rotatable bonds is 4. The molecule has 1 atom stereocenters. The Hall–Kier alpha value is -2.67. The highest BCUT2D eigenvalue weighted by Crippen LogP contribution is 2.46. The second kappa shape index (κ2) is 7.92. The first-order chi connectivity index (χ1) is 12.6. The van der Waals surface area contributed by atoms with E-state index >= 15 is 0 Å². The lowest BCUT2D eigenvalue weighted by molar-refractivity contribution is -0.274. The van der Waals surface area contributed by atoms with Gasteiger partial charge < -0.3 is 19.9 Å². The molecule has 0 spiro atoms. The van der Waals surface area contributed by atoms with Gasteiger partial charge in [0, 0.05) is 10.0 Å². The van der Waals surface area contributed by atoms with Crippen LogP contribution in [-0.2, 0) is 14.3 Å². The molecule has 1 aromatic rings. The highest BCUT2D eigenvalue weighted by atomic mass is 79.9. The largest absolute Gasteiger partial charge is 0.573 e. The molecule has 0 amide bonds. The normalized spacial score (nSPS) is 17.3. The Kier molecular flexibility index (Phi) is 6.05. The van der Waals surface area contributed by atoms with Crippen molar-refractivity contribution in [2.24, 2.45) is 5.73 Å². The maximum absolute atomic E-state index is 12.9. The highest BCUT2D eigenvalue weighted by Gasteiger charge is 2.41. The van der Waals surface area contributed by atoms with E-state index in [0.29, 0.717) is 0 Å². The minimum absolute atomic E-state index is 0.0173. The van der Waals surface area contributed by atoms with Gasteiger partial charge in [-0.1, -0.05) is 22.0 Å². The second-order valence-electron chi connectivity index (χ2n) is 5.31. The maximum Gasteiger partial charge on any atom is 0.573 e. The van der Waals surface area contributed by atoms with Gasteiger partial charge in [-0.15, -0.1) is 13.2 Å². The van der Waals surface area contributed by atoms with Crippen molar-refractivity contribution >= 4 is 21.9 Å². The molecule has 2 rings (SSSR count). The summed E-state index contributed by atoms with van der Waals surface area (Å²) in [7, 11) is 0. The zero-order valence-corrected chi connectivity index (χ0v) is 15.8. The van der Waals surface area contributed by atoms with Crippen molar-refractivity contribution < 1.29 is 32.2 Å². The summed E-state index contributed by atoms with van der Waals surface area (Å²) in [5.74, 6) is -2.99. The molecular weight excluding hydrogens is 433 g/mol. The van der Waals surface area contributed by atoms with Gasteiger partial charge in [-0.2, -0.15) is 5.26 Å². The van der Waals surface area contributed by atoms with Crippen LogP contribution in [0, 0.1) is 11.3 Å². The van der Waals surface area contributed by atoms with E-state index < -0.39 is 24.0 Å². The summed E-state index contributed by atoms with van der Waals surface area (Å²) in [5, 5.41) is 9.50. The van der Waals surface area contributed by atoms with Crippen LogP contribution in [0.25, 0.3) is 0 Å². The van der Waals surface area contributed by atoms with Crippen LogP contribution in [0.4, 0.5) is 13.2 Å². The topological polar surface area (TPSA) is 94.6 Å². The molecule has 0 aromatic heterocycles. The Morgan fingerprint density at radius 1 is 1.44 bits per heavy atom. The molecule has 1 aliphatic heterocycles. The van der Waals surface area contributed by atoms with Crippen molar-refractivity contribution in [3.05, 3.63) is 51.0 Å². The molecule has 1 unspecified atom stereocenters. The number of esters is 1. The number of allylic oxidation sites excluding steroid dienone is 2. The summed E-state index contributed by atoms with van der Waals surface area (Å²) in [4.78, 5) is 12.5. The average molecular weight is 447 g/mol. The third-order valence-electron chi connectivity index (χ3n) is 3.63. The van der Waals surface area contributed by atoms with Crippen molar-refractivity contribution in [2.75, 3.05) is 6.61 Å². The Morgan fingerprint density at radius 2 is 2.11 bits per heavy atom. The van der Waals surface area contributed by atoms with E-state index in [2.05, 4.69) is 20.7 Å². The highest BCUT2D eigenvalue weighted by molar-refractivity contribution is 9.10. The zero-order chi connectivity index (χ0) is 20.4. The molecule has 144 valence electrons. The first kappa shape index (κ1) is 20.6. The van der Waals surface area contributed by atoms with Gasteiger partial charge in [0.2, 0.25) is 5.88 Å². The van der Waals surface area contributed by atoms with E-state index in [9.17, 15) is 23.2 Å². The maximum atomic E-state index is 12.9. The van der Waals surface area contributed by atoms with E-state index in [1.54, 1.807) is 13.0 Å². The first-order valence-corrected chi connectivity index (χ1v) is 8.39. The van der Waals surface area contributed by atoms with Crippen molar-refractivity contribution in [1.29, 1.82) is 5.26 Å². The van der Waals surface area contributed by atoms with Gasteiger partial charge in [-0.25, -0.2) is 4.79 Å². The van der Waals surface area contributed by atoms with Gasteiger partial charge in [0.1, 0.15) is 23.2 Å². The number of nitrogens with two attached hydrogens (primary N) is 1. The SMILES string of the molecule is CCOC(=O)C1=C(C)OC(N)=C(C#N)C1c1c(Br)cccc1OC(F)(F)F. The van der Waals surface area contributed by atoms with Crippen molar-refractivity contribution in [3.8, 4) is 11.8 Å². The summed E-state index contributed by atoms with van der Waals surface area (Å²) >= 11 is 3.17. The molecule has 0 saturated heterocycles. The van der Waals surface area contributed by atoms with E-state index in [-0.39, 0.29) is 39.4 Å². The summed E-state index contributed by atoms with van der Waals surface area (Å²) in [6.07, 6.45) is -4.98. The lowest BCUT2D eigenvalue weighted by atomic mass is 9.82. The number of halogens is 4. The fourth-order valence-electron chi connectivity index (χ4n) is 2.65. The predicted octanol–water partition coefficient (Wildman–Crippen LogP) is 3.99. The van der Waals surface area contributed by atoms with Crippen LogP contribution >= 0.6 is 15.9 Å². The minimum atomic E-state index is -4.98. The monoisotopic (exact) mass is 446 g/mol. The number of alkyl halides is 3. The van der Waals surface area contributed by atoms with Crippen LogP contribution in [-0.4, -0.2) is 18.9 Å². The lowest BCUT2D eigenvalue weighted by Gasteiger charge is -2.28. The molecule has 1 aliphatic rings. The molecule has 0 saturated carbocycles. The molecule has 2 N–H and O–H groups in total. The first-order valence-electron chi connectivity index (χ1n) is 7.60. The van der Waals surface area contributed by atoms with Gasteiger partial charge >= 0.3 is 12.3 Å². The Balaban J connectivity index is 2.76. The molecule has 0 bridgehead atoms. The van der Waals surface area contributed by atoms with Gasteiger partial charge in [0.25, 0.3) is 0 Å². The van der Waals surface area contributed by atoms with Crippen molar-refractivity contribution in [1.82, 2.24) is 0 Å². The number of ether oxygens (including phenoxy) is 3. The van der Waals surface area contributed by atoms with Crippen LogP contribution in [0.2, 0.25) is 0 Å². The van der Waals surface area contributed by atoms with Crippen LogP contribution in [0.3, 0.4) is 0 Å². The van der Waals surface area contributed by atoms with Crippen molar-refractivity contribution in [2.45, 2.75) is 26.1 Å². The smallest absolute Gasteiger partial charge is 0.463 e. The van der Waals surface area contributed by atoms with E-state index in [1.807, 2.05) is 0 Å². The molecule has 0 fully saturated rings. The number of nitriles is 1. The molecular formula is C17H14BrF3N2O4. The van der Waals surface area contributed by atoms with Crippen LogP contribution in [0.1, 0.15) is 25.3 Å². The predicted molar refractivity (Wildman–Crippen MR) is 90.8 cm³/mol. The summed E-state index contributed by atoms with van der Waals surface area (Å²) < 4.78 is 53.1. The van der Waals surface area contributed by atoms with Crippen LogP contribution in [0.15, 0.2) is 45.5 Å². The number of carbonyl (C=O) groups excluding carboxylic acids is 1.